The molecule has 7 heteroatoms. The van der Waals surface area contributed by atoms with Crippen molar-refractivity contribution < 1.29 is 9.21 Å². The molecule has 1 aromatic carbocycles. The van der Waals surface area contributed by atoms with Crippen molar-refractivity contribution in [3.8, 4) is 0 Å². The van der Waals surface area contributed by atoms with Gasteiger partial charge in [-0.1, -0.05) is 29.3 Å². The summed E-state index contributed by atoms with van der Waals surface area (Å²) in [4.78, 5) is 24.5. The first kappa shape index (κ1) is 16.8. The van der Waals surface area contributed by atoms with Crippen LogP contribution in [0.1, 0.15) is 16.1 Å². The van der Waals surface area contributed by atoms with Gasteiger partial charge in [0.2, 0.25) is 5.78 Å². The lowest BCUT2D eigenvalue weighted by molar-refractivity contribution is 0.103. The van der Waals surface area contributed by atoms with Crippen LogP contribution in [0.3, 0.4) is 0 Å². The van der Waals surface area contributed by atoms with Gasteiger partial charge < -0.3 is 8.98 Å². The van der Waals surface area contributed by atoms with Crippen LogP contribution in [0, 0.1) is 0 Å². The number of carbonyl (C=O) groups is 1. The quantitative estimate of drug-likeness (QED) is 0.657. The molecule has 24 heavy (non-hydrogen) atoms. The van der Waals surface area contributed by atoms with Crippen LogP contribution in [0.25, 0.3) is 12.2 Å². The van der Waals surface area contributed by atoms with Gasteiger partial charge in [-0.25, -0.2) is 0 Å². The van der Waals surface area contributed by atoms with Crippen LogP contribution in [-0.2, 0) is 7.05 Å². The van der Waals surface area contributed by atoms with Crippen molar-refractivity contribution in [3.63, 3.8) is 0 Å². The van der Waals surface area contributed by atoms with Gasteiger partial charge in [0.1, 0.15) is 4.66 Å². The number of hydrogen-bond acceptors (Lipinski definition) is 4. The molecule has 0 aliphatic rings. The van der Waals surface area contributed by atoms with Gasteiger partial charge in [-0.15, -0.1) is 11.3 Å². The zero-order chi connectivity index (χ0) is 17.3. The summed E-state index contributed by atoms with van der Waals surface area (Å²) in [5, 5.41) is 0.908. The molecule has 3 aromatic rings. The van der Waals surface area contributed by atoms with Gasteiger partial charge in [0.05, 0.1) is 10.8 Å². The number of hydrogen-bond donors (Lipinski definition) is 0. The molecule has 0 radical (unpaired) electrons. The number of Topliss-reactive ketones (excluding diaryl/α,β-unsaturated/α-hetero) is 1. The Morgan fingerprint density at radius 3 is 2.54 bits per heavy atom. The second-order valence-electron chi connectivity index (χ2n) is 4.93. The van der Waals surface area contributed by atoms with Crippen molar-refractivity contribution >= 4 is 52.5 Å². The van der Waals surface area contributed by atoms with Gasteiger partial charge in [0.15, 0.2) is 5.76 Å². The van der Waals surface area contributed by atoms with Gasteiger partial charge in [0, 0.05) is 28.7 Å². The van der Waals surface area contributed by atoms with Crippen LogP contribution in [-0.4, -0.2) is 10.4 Å². The fourth-order valence-corrected chi connectivity index (χ4v) is 3.61. The average Bonchev–Trinajstić information content (AvgIpc) is 3.16. The molecule has 2 heterocycles. The van der Waals surface area contributed by atoms with E-state index in [4.69, 9.17) is 27.6 Å². The lowest BCUT2D eigenvalue weighted by atomic mass is 10.2. The molecule has 0 N–H and O–H groups in total. The van der Waals surface area contributed by atoms with E-state index in [9.17, 15) is 9.59 Å². The predicted molar refractivity (Wildman–Crippen MR) is 96.3 cm³/mol. The minimum absolute atomic E-state index is 0.218. The van der Waals surface area contributed by atoms with Crippen LogP contribution in [0.15, 0.2) is 45.8 Å². The third-order valence-corrected chi connectivity index (χ3v) is 5.13. The molecule has 3 rings (SSSR count). The summed E-state index contributed by atoms with van der Waals surface area (Å²) >= 11 is 13.5. The fourth-order valence-electron chi connectivity index (χ4n) is 2.09. The van der Waals surface area contributed by atoms with Crippen molar-refractivity contribution in [3.05, 3.63) is 77.5 Å². The van der Waals surface area contributed by atoms with Gasteiger partial charge in [-0.05, 0) is 30.3 Å². The average molecular weight is 380 g/mol. The van der Waals surface area contributed by atoms with Crippen molar-refractivity contribution in [1.82, 2.24) is 4.57 Å². The maximum atomic E-state index is 12.4. The highest BCUT2D eigenvalue weighted by atomic mass is 35.5. The van der Waals surface area contributed by atoms with Gasteiger partial charge in [-0.3, -0.25) is 9.59 Å². The van der Waals surface area contributed by atoms with E-state index in [-0.39, 0.29) is 17.1 Å². The largest absolute Gasteiger partial charge is 0.461 e. The van der Waals surface area contributed by atoms with Crippen molar-refractivity contribution in [2.75, 3.05) is 0 Å². The minimum atomic E-state index is -0.306. The minimum Gasteiger partial charge on any atom is -0.461 e. The van der Waals surface area contributed by atoms with E-state index in [1.807, 2.05) is 0 Å². The normalized spacial score (nSPS) is 12.8. The van der Waals surface area contributed by atoms with E-state index in [1.54, 1.807) is 43.5 Å². The fraction of sp³-hybridized carbons (Fsp3) is 0.0588. The van der Waals surface area contributed by atoms with Crippen LogP contribution in [0.4, 0.5) is 0 Å². The highest BCUT2D eigenvalue weighted by Crippen LogP contribution is 2.24. The Morgan fingerprint density at radius 1 is 1.21 bits per heavy atom. The Morgan fingerprint density at radius 2 is 1.92 bits per heavy atom. The molecule has 0 atom stereocenters. The second kappa shape index (κ2) is 6.81. The van der Waals surface area contributed by atoms with Crippen LogP contribution in [0.5, 0.6) is 0 Å². The number of aromatic nitrogens is 1. The molecule has 0 unspecified atom stereocenters. The van der Waals surface area contributed by atoms with Gasteiger partial charge in [-0.2, -0.15) is 0 Å². The predicted octanol–water partition coefficient (Wildman–Crippen LogP) is 2.84. The highest BCUT2D eigenvalue weighted by Gasteiger charge is 2.09. The number of ketones is 1. The number of furan rings is 1. The third kappa shape index (κ3) is 3.24. The van der Waals surface area contributed by atoms with E-state index in [2.05, 4.69) is 0 Å². The van der Waals surface area contributed by atoms with E-state index in [1.165, 1.54) is 28.2 Å². The molecule has 0 saturated heterocycles. The molecule has 122 valence electrons. The van der Waals surface area contributed by atoms with Crippen molar-refractivity contribution in [1.29, 1.82) is 0 Å². The summed E-state index contributed by atoms with van der Waals surface area (Å²) in [6, 6.07) is 8.33. The Balaban J connectivity index is 2.15. The SMILES string of the molecule is Cn1c(=O)/c(=C/c2c(Cl)cccc2Cl)s/c1=C\C(=O)c1ccco1. The van der Waals surface area contributed by atoms with Crippen LogP contribution in [0.2, 0.25) is 10.0 Å². The zero-order valence-corrected chi connectivity index (χ0v) is 14.8. The molecule has 0 saturated carbocycles. The Hall–Kier alpha value is -2.08. The zero-order valence-electron chi connectivity index (χ0n) is 12.5. The summed E-state index contributed by atoms with van der Waals surface area (Å²) < 4.78 is 7.42. The first-order chi connectivity index (χ1) is 11.5. The topological polar surface area (TPSA) is 52.2 Å². The smallest absolute Gasteiger partial charge is 0.268 e. The van der Waals surface area contributed by atoms with E-state index >= 15 is 0 Å². The Bertz CT molecular complexity index is 1060. The summed E-state index contributed by atoms with van der Waals surface area (Å²) in [5.41, 5.74) is 0.346. The van der Waals surface area contributed by atoms with Crippen molar-refractivity contribution in [2.24, 2.45) is 7.05 Å². The van der Waals surface area contributed by atoms with Crippen molar-refractivity contribution in [2.45, 2.75) is 0 Å². The summed E-state index contributed by atoms with van der Waals surface area (Å²) in [6.45, 7) is 0. The molecular formula is C17H11Cl2NO3S. The molecule has 2 aromatic heterocycles. The lowest BCUT2D eigenvalue weighted by Crippen LogP contribution is -2.29. The summed E-state index contributed by atoms with van der Waals surface area (Å²) in [6.07, 6.45) is 4.43. The van der Waals surface area contributed by atoms with E-state index in [0.29, 0.717) is 24.8 Å². The number of halogens is 2. The Labute approximate surface area is 150 Å². The second-order valence-corrected chi connectivity index (χ2v) is 6.81. The molecule has 4 nitrogen and oxygen atoms in total. The van der Waals surface area contributed by atoms with Gasteiger partial charge in [0.25, 0.3) is 5.56 Å². The molecule has 0 aliphatic heterocycles. The number of nitrogens with zero attached hydrogens (tertiary/aromatic N) is 1. The molecule has 0 amide bonds. The molecule has 0 bridgehead atoms. The molecule has 0 fully saturated rings. The number of thiazole rings is 1. The number of rotatable bonds is 3. The molecule has 0 spiro atoms. The maximum absolute atomic E-state index is 12.4. The number of benzene rings is 1. The van der Waals surface area contributed by atoms with Crippen LogP contribution >= 0.6 is 34.5 Å². The number of carbonyl (C=O) groups excluding carboxylic acids is 1. The summed E-state index contributed by atoms with van der Waals surface area (Å²) in [5.74, 6) is -0.0882. The first-order valence-electron chi connectivity index (χ1n) is 6.88. The van der Waals surface area contributed by atoms with E-state index < -0.39 is 0 Å². The Kier molecular flexibility index (Phi) is 4.76. The molecular weight excluding hydrogens is 369 g/mol. The van der Waals surface area contributed by atoms with E-state index in [0.717, 1.165) is 0 Å². The first-order valence-corrected chi connectivity index (χ1v) is 8.46. The maximum Gasteiger partial charge on any atom is 0.268 e. The monoisotopic (exact) mass is 379 g/mol. The van der Waals surface area contributed by atoms with Gasteiger partial charge >= 0.3 is 0 Å². The third-order valence-electron chi connectivity index (χ3n) is 3.35. The van der Waals surface area contributed by atoms with Crippen LogP contribution < -0.4 is 14.8 Å². The summed E-state index contributed by atoms with van der Waals surface area (Å²) in [7, 11) is 1.60. The molecule has 0 aliphatic carbocycles. The standard InChI is InChI=1S/C17H11Cl2NO3S/c1-20-16(9-13(21)14-6-3-7-23-14)24-15(17(20)22)8-10-11(18)4-2-5-12(10)19/h2-9H,1H3/b15-8-,16-9-. The highest BCUT2D eigenvalue weighted by molar-refractivity contribution is 7.07. The lowest BCUT2D eigenvalue weighted by Gasteiger charge is -1.99.